The van der Waals surface area contributed by atoms with Gasteiger partial charge in [0, 0.05) is 63.8 Å². The quantitative estimate of drug-likeness (QED) is 0.374. The number of halogens is 1. The van der Waals surface area contributed by atoms with Gasteiger partial charge in [-0.1, -0.05) is 13.8 Å². The molecule has 0 bridgehead atoms. The predicted molar refractivity (Wildman–Crippen MR) is 107 cm³/mol. The van der Waals surface area contributed by atoms with Crippen molar-refractivity contribution in [2.24, 2.45) is 16.3 Å². The Bertz CT molecular complexity index is 446. The number of guanidine groups is 1. The average Bonchev–Trinajstić information content (AvgIpc) is 3.17. The molecule has 0 amide bonds. The number of hydrogen-bond donors (Lipinski definition) is 2. The van der Waals surface area contributed by atoms with E-state index in [1.807, 2.05) is 7.05 Å². The molecular formula is C17H33IN4O2. The van der Waals surface area contributed by atoms with Gasteiger partial charge in [-0.2, -0.15) is 0 Å². The number of fused-ring (bicyclic) bond motifs is 1. The van der Waals surface area contributed by atoms with E-state index in [4.69, 9.17) is 9.47 Å². The molecule has 3 aliphatic rings. The van der Waals surface area contributed by atoms with Crippen molar-refractivity contribution in [2.75, 3.05) is 47.0 Å². The zero-order chi connectivity index (χ0) is 16.4. The van der Waals surface area contributed by atoms with E-state index >= 15 is 0 Å². The first-order valence-electron chi connectivity index (χ1n) is 8.89. The normalized spacial score (nSPS) is 35.1. The Morgan fingerprint density at radius 2 is 2.12 bits per heavy atom. The minimum atomic E-state index is 0. The lowest BCUT2D eigenvalue weighted by Gasteiger charge is -2.55. The van der Waals surface area contributed by atoms with Crippen LogP contribution in [0.4, 0.5) is 0 Å². The van der Waals surface area contributed by atoms with Crippen LogP contribution in [0, 0.1) is 11.3 Å². The highest BCUT2D eigenvalue weighted by Crippen LogP contribution is 2.52. The Morgan fingerprint density at radius 3 is 2.83 bits per heavy atom. The molecule has 0 aromatic rings. The van der Waals surface area contributed by atoms with Crippen LogP contribution in [0.2, 0.25) is 0 Å². The average molecular weight is 452 g/mol. The van der Waals surface area contributed by atoms with Gasteiger partial charge in [0.25, 0.3) is 0 Å². The molecule has 0 spiro atoms. The van der Waals surface area contributed by atoms with Crippen LogP contribution in [0.1, 0.15) is 26.7 Å². The third-order valence-electron chi connectivity index (χ3n) is 5.84. The van der Waals surface area contributed by atoms with Crippen molar-refractivity contribution in [1.82, 2.24) is 15.5 Å². The number of nitrogens with zero attached hydrogens (tertiary/aromatic N) is 2. The minimum absolute atomic E-state index is 0. The van der Waals surface area contributed by atoms with Gasteiger partial charge >= 0.3 is 0 Å². The molecule has 1 saturated carbocycles. The molecule has 3 rings (SSSR count). The summed E-state index contributed by atoms with van der Waals surface area (Å²) in [6.07, 6.45) is 2.74. The molecule has 0 aromatic heterocycles. The molecule has 1 aliphatic carbocycles. The van der Waals surface area contributed by atoms with Crippen LogP contribution in [-0.2, 0) is 9.47 Å². The zero-order valence-corrected chi connectivity index (χ0v) is 17.7. The Balaban J connectivity index is 0.00000208. The largest absolute Gasteiger partial charge is 0.383 e. The van der Waals surface area contributed by atoms with E-state index in [1.165, 1.54) is 0 Å². The molecule has 24 heavy (non-hydrogen) atoms. The second-order valence-electron chi connectivity index (χ2n) is 7.68. The number of methoxy groups -OCH3 is 1. The number of aliphatic imine (C=N–C) groups is 1. The highest BCUT2D eigenvalue weighted by molar-refractivity contribution is 14.0. The van der Waals surface area contributed by atoms with Crippen LogP contribution in [0.5, 0.6) is 0 Å². The van der Waals surface area contributed by atoms with Crippen LogP contribution in [0.15, 0.2) is 4.99 Å². The lowest BCUT2D eigenvalue weighted by Crippen LogP contribution is -2.68. The molecule has 2 N–H and O–H groups in total. The fraction of sp³-hybridized carbons (Fsp3) is 0.941. The van der Waals surface area contributed by atoms with E-state index in [-0.39, 0.29) is 29.4 Å². The SMILES string of the molecule is CN=C(NC1CCN(CCOC)C1)NC1C2CCOC2C1(C)C.I. The number of likely N-dealkylation sites (tertiary alicyclic amines) is 1. The van der Waals surface area contributed by atoms with Gasteiger partial charge in [0.1, 0.15) is 0 Å². The molecule has 4 atom stereocenters. The summed E-state index contributed by atoms with van der Waals surface area (Å²) in [5, 5.41) is 7.27. The number of nitrogens with one attached hydrogen (secondary N) is 2. The Hall–Kier alpha value is -0.120. The van der Waals surface area contributed by atoms with Crippen molar-refractivity contribution < 1.29 is 9.47 Å². The maximum atomic E-state index is 5.88. The van der Waals surface area contributed by atoms with Crippen LogP contribution in [0.3, 0.4) is 0 Å². The van der Waals surface area contributed by atoms with Crippen molar-refractivity contribution >= 4 is 29.9 Å². The van der Waals surface area contributed by atoms with E-state index in [0.29, 0.717) is 24.1 Å². The van der Waals surface area contributed by atoms with Crippen molar-refractivity contribution in [1.29, 1.82) is 0 Å². The van der Waals surface area contributed by atoms with Gasteiger partial charge in [-0.25, -0.2) is 0 Å². The summed E-state index contributed by atoms with van der Waals surface area (Å²) in [5.74, 6) is 1.57. The third kappa shape index (κ3) is 3.99. The van der Waals surface area contributed by atoms with Gasteiger partial charge in [0.15, 0.2) is 5.96 Å². The molecule has 3 fully saturated rings. The maximum absolute atomic E-state index is 5.88. The van der Waals surface area contributed by atoms with Gasteiger partial charge in [-0.3, -0.25) is 9.89 Å². The van der Waals surface area contributed by atoms with Gasteiger partial charge in [0.05, 0.1) is 12.7 Å². The van der Waals surface area contributed by atoms with E-state index in [0.717, 1.165) is 51.6 Å². The third-order valence-corrected chi connectivity index (χ3v) is 5.84. The summed E-state index contributed by atoms with van der Waals surface area (Å²) in [4.78, 5) is 6.90. The molecular weight excluding hydrogens is 419 g/mol. The van der Waals surface area contributed by atoms with Crippen molar-refractivity contribution in [3.8, 4) is 0 Å². The van der Waals surface area contributed by atoms with Gasteiger partial charge in [-0.15, -0.1) is 24.0 Å². The van der Waals surface area contributed by atoms with Crippen molar-refractivity contribution in [3.05, 3.63) is 0 Å². The minimum Gasteiger partial charge on any atom is -0.383 e. The molecule has 2 aliphatic heterocycles. The number of rotatable bonds is 5. The Labute approximate surface area is 163 Å². The highest BCUT2D eigenvalue weighted by atomic mass is 127. The van der Waals surface area contributed by atoms with E-state index < -0.39 is 0 Å². The Kier molecular flexibility index (Phi) is 7.16. The van der Waals surface area contributed by atoms with Crippen LogP contribution in [0.25, 0.3) is 0 Å². The molecule has 2 saturated heterocycles. The van der Waals surface area contributed by atoms with Crippen LogP contribution >= 0.6 is 24.0 Å². The molecule has 2 heterocycles. The molecule has 140 valence electrons. The maximum Gasteiger partial charge on any atom is 0.191 e. The fourth-order valence-corrected chi connectivity index (χ4v) is 4.50. The Morgan fingerprint density at radius 1 is 1.33 bits per heavy atom. The first-order valence-corrected chi connectivity index (χ1v) is 8.89. The summed E-state index contributed by atoms with van der Waals surface area (Å²) >= 11 is 0. The lowest BCUT2D eigenvalue weighted by molar-refractivity contribution is -0.106. The monoisotopic (exact) mass is 452 g/mol. The first kappa shape index (κ1) is 20.2. The predicted octanol–water partition coefficient (Wildman–Crippen LogP) is 1.30. The first-order chi connectivity index (χ1) is 11.1. The van der Waals surface area contributed by atoms with Gasteiger partial charge < -0.3 is 20.1 Å². The molecule has 6 nitrogen and oxygen atoms in total. The van der Waals surface area contributed by atoms with Crippen molar-refractivity contribution in [2.45, 2.75) is 44.9 Å². The topological polar surface area (TPSA) is 58.1 Å². The summed E-state index contributed by atoms with van der Waals surface area (Å²) < 4.78 is 11.0. The van der Waals surface area contributed by atoms with Crippen LogP contribution in [-0.4, -0.2) is 76.1 Å². The summed E-state index contributed by atoms with van der Waals surface area (Å²) in [6.45, 7) is 9.51. The summed E-state index contributed by atoms with van der Waals surface area (Å²) in [5.41, 5.74) is 0.180. The number of ether oxygens (including phenoxy) is 2. The molecule has 4 unspecified atom stereocenters. The van der Waals surface area contributed by atoms with Gasteiger partial charge in [-0.05, 0) is 12.8 Å². The van der Waals surface area contributed by atoms with Gasteiger partial charge in [0.2, 0.25) is 0 Å². The van der Waals surface area contributed by atoms with Crippen LogP contribution < -0.4 is 10.6 Å². The second-order valence-corrected chi connectivity index (χ2v) is 7.68. The highest BCUT2D eigenvalue weighted by Gasteiger charge is 2.59. The van der Waals surface area contributed by atoms with E-state index in [1.54, 1.807) is 7.11 Å². The molecule has 7 heteroatoms. The van der Waals surface area contributed by atoms with E-state index in [2.05, 4.69) is 34.4 Å². The smallest absolute Gasteiger partial charge is 0.191 e. The lowest BCUT2D eigenvalue weighted by atomic mass is 9.57. The standard InChI is InChI=1S/C17H32N4O2.HI/c1-17(2)14(13-6-9-23-15(13)17)20-16(18-3)19-12-5-7-21(11-12)8-10-22-4;/h12-15H,5-11H2,1-4H3,(H2,18,19,20);1H. The summed E-state index contributed by atoms with van der Waals surface area (Å²) in [6, 6.07) is 0.920. The number of hydrogen-bond acceptors (Lipinski definition) is 4. The van der Waals surface area contributed by atoms with E-state index in [9.17, 15) is 0 Å². The van der Waals surface area contributed by atoms with Crippen molar-refractivity contribution in [3.63, 3.8) is 0 Å². The molecule has 0 radical (unpaired) electrons. The fourth-order valence-electron chi connectivity index (χ4n) is 4.50. The molecule has 0 aromatic carbocycles. The summed E-state index contributed by atoms with van der Waals surface area (Å²) in [7, 11) is 3.62. The zero-order valence-electron chi connectivity index (χ0n) is 15.4. The second kappa shape index (κ2) is 8.51.